The van der Waals surface area contributed by atoms with Crippen LogP contribution in [0.4, 0.5) is 82.9 Å². The fraction of sp³-hybridized carbons (Fsp3) is 0.0976. The van der Waals surface area contributed by atoms with Gasteiger partial charge in [-0.05, 0) is 91.2 Å². The number of nitrogens with two attached hydrogens (primary N) is 2. The van der Waals surface area contributed by atoms with Gasteiger partial charge in [-0.25, -0.2) is 13.2 Å². The minimum absolute atomic E-state index is 0.0243. The fourth-order valence-corrected chi connectivity index (χ4v) is 10.3. The Bertz CT molecular complexity index is 4360. The molecule has 7 aromatic rings. The van der Waals surface area contributed by atoms with Gasteiger partial charge in [0.05, 0.1) is 27.8 Å². The van der Waals surface area contributed by atoms with E-state index in [1.807, 2.05) is 0 Å². The average Bonchev–Trinajstić information content (AvgIpc) is 3.39. The van der Waals surface area contributed by atoms with Crippen molar-refractivity contribution in [3.05, 3.63) is 103 Å². The first kappa shape index (κ1) is 59.7. The van der Waals surface area contributed by atoms with Gasteiger partial charge in [-0.1, -0.05) is 6.58 Å². The molecule has 2 heterocycles. The molecule has 0 saturated heterocycles. The molecule has 0 aliphatic rings. The average molecular weight is 1220 g/mol. The van der Waals surface area contributed by atoms with E-state index in [2.05, 4.69) is 88.8 Å². The van der Waals surface area contributed by atoms with Crippen molar-refractivity contribution in [1.82, 2.24) is 29.9 Å². The Labute approximate surface area is 455 Å². The summed E-state index contributed by atoms with van der Waals surface area (Å²) in [7, 11) is -24.7. The van der Waals surface area contributed by atoms with Gasteiger partial charge < -0.3 is 43.4 Å². The highest BCUT2D eigenvalue weighted by atomic mass is 32.2. The van der Waals surface area contributed by atoms with Crippen LogP contribution in [0.2, 0.25) is 0 Å². The summed E-state index contributed by atoms with van der Waals surface area (Å²) in [5.41, 5.74) is 9.85. The normalized spacial score (nSPS) is 12.8. The van der Waals surface area contributed by atoms with Crippen molar-refractivity contribution in [2.75, 3.05) is 45.1 Å². The molecule has 0 aliphatic carbocycles. The number of carbonyl (C=O) groups excluding carboxylic acids is 1. The standard InChI is InChI=1S/C41H38F2N18O15S5/c1-3-77(63,64)23-6-9-28(34(14-23)81(74,75)76)60-58-26-7-4-21(12-29(26)47-18-44)49-40-54-35(42)52-38(56-40)46-17-19(2)48-39-53-36(43)55-41(57-39)50-22-5-8-27(30(13-22)51-37(45)62)59-61-31-16-25-20(11-33(31)80(71,72)73)10-24(78(65,66)67)15-32(25)79(68,69)70/h3-16,19,47H,1,17-18,44H2,2H3,(H3,45,51,62)(H,65,66,67)(H,68,69,70)(H,71,72,73)(H,74,75,76)(H2,46,49,52,54,56)(H2,48,50,53,55,57). The van der Waals surface area contributed by atoms with Crippen LogP contribution in [0.1, 0.15) is 6.92 Å². The highest BCUT2D eigenvalue weighted by Gasteiger charge is 2.26. The van der Waals surface area contributed by atoms with Crippen molar-refractivity contribution in [1.29, 1.82) is 0 Å². The number of halogens is 2. The minimum atomic E-state index is -5.27. The molecule has 0 saturated carbocycles. The molecule has 0 radical (unpaired) electrons. The lowest BCUT2D eigenvalue weighted by Gasteiger charge is -2.16. The topological polar surface area (TPSA) is 520 Å². The third-order valence-corrected chi connectivity index (χ3v) is 15.2. The first-order valence-electron chi connectivity index (χ1n) is 21.8. The Kier molecular flexibility index (Phi) is 17.2. The number of sulfone groups is 1. The van der Waals surface area contributed by atoms with E-state index in [9.17, 15) is 73.9 Å². The first-order valence-corrected chi connectivity index (χ1v) is 29.1. The molecule has 7 rings (SSSR count). The van der Waals surface area contributed by atoms with Crippen LogP contribution >= 0.6 is 0 Å². The Morgan fingerprint density at radius 1 is 0.593 bits per heavy atom. The van der Waals surface area contributed by atoms with Crippen LogP contribution in [0.15, 0.2) is 136 Å². The van der Waals surface area contributed by atoms with E-state index in [0.29, 0.717) is 35.7 Å². The molecule has 2 amide bonds. The van der Waals surface area contributed by atoms with E-state index in [4.69, 9.17) is 11.5 Å². The van der Waals surface area contributed by atoms with E-state index in [1.54, 1.807) is 6.92 Å². The molecule has 0 bridgehead atoms. The maximum Gasteiger partial charge on any atom is 0.316 e. The summed E-state index contributed by atoms with van der Waals surface area (Å²) in [4.78, 5) is 30.2. The molecule has 40 heteroatoms. The van der Waals surface area contributed by atoms with Gasteiger partial charge in [0.2, 0.25) is 23.8 Å². The monoisotopic (exact) mass is 1220 g/mol. The zero-order chi connectivity index (χ0) is 59.4. The molecule has 1 unspecified atom stereocenters. The predicted octanol–water partition coefficient (Wildman–Crippen LogP) is 5.44. The van der Waals surface area contributed by atoms with E-state index in [0.717, 1.165) is 24.3 Å². The lowest BCUT2D eigenvalue weighted by atomic mass is 10.1. The second-order valence-electron chi connectivity index (χ2n) is 16.1. The highest BCUT2D eigenvalue weighted by Crippen LogP contribution is 2.38. The van der Waals surface area contributed by atoms with Gasteiger partial charge in [-0.2, -0.15) is 72.4 Å². The first-order chi connectivity index (χ1) is 37.8. The molecular weight excluding hydrogens is 1180 g/mol. The lowest BCUT2D eigenvalue weighted by molar-refractivity contribution is 0.259. The lowest BCUT2D eigenvalue weighted by Crippen LogP contribution is -2.27. The number of urea groups is 1. The number of hydrogen-bond acceptors (Lipinski definition) is 27. The van der Waals surface area contributed by atoms with Gasteiger partial charge in [0.25, 0.3) is 40.5 Å². The fourth-order valence-electron chi connectivity index (χ4n) is 6.85. The van der Waals surface area contributed by atoms with Crippen molar-refractivity contribution in [2.45, 2.75) is 37.4 Å². The minimum Gasteiger partial charge on any atom is -0.371 e. The van der Waals surface area contributed by atoms with Gasteiger partial charge >= 0.3 is 18.2 Å². The third kappa shape index (κ3) is 15.2. The molecule has 2 aromatic heterocycles. The molecule has 81 heavy (non-hydrogen) atoms. The van der Waals surface area contributed by atoms with Gasteiger partial charge in [0.15, 0.2) is 9.84 Å². The van der Waals surface area contributed by atoms with E-state index < -0.39 is 127 Å². The maximum absolute atomic E-state index is 14.8. The molecule has 426 valence electrons. The van der Waals surface area contributed by atoms with E-state index >= 15 is 0 Å². The second kappa shape index (κ2) is 23.4. The summed E-state index contributed by atoms with van der Waals surface area (Å²) >= 11 is 0. The number of nitrogens with zero attached hydrogens (tertiary/aromatic N) is 10. The molecule has 1 atom stereocenters. The number of benzene rings is 5. The maximum atomic E-state index is 14.8. The number of anilines is 8. The number of hydrogen-bond donors (Lipinski definition) is 12. The van der Waals surface area contributed by atoms with Crippen LogP contribution in [-0.4, -0.2) is 115 Å². The van der Waals surface area contributed by atoms with Gasteiger partial charge in [-0.3, -0.25) is 18.2 Å². The van der Waals surface area contributed by atoms with Crippen molar-refractivity contribution < 1.29 is 73.9 Å². The molecule has 0 aliphatic heterocycles. The summed E-state index contributed by atoms with van der Waals surface area (Å²) in [5.74, 6) is -1.33. The predicted molar refractivity (Wildman–Crippen MR) is 282 cm³/mol. The van der Waals surface area contributed by atoms with Gasteiger partial charge in [0, 0.05) is 34.8 Å². The highest BCUT2D eigenvalue weighted by molar-refractivity contribution is 7.94. The van der Waals surface area contributed by atoms with Gasteiger partial charge in [-0.15, -0.1) is 20.5 Å². The van der Waals surface area contributed by atoms with Crippen molar-refractivity contribution in [3.8, 4) is 0 Å². The van der Waals surface area contributed by atoms with Crippen LogP contribution in [0.3, 0.4) is 0 Å². The summed E-state index contributed by atoms with van der Waals surface area (Å²) in [5, 5.41) is 31.2. The number of primary amides is 1. The number of rotatable bonds is 22. The van der Waals surface area contributed by atoms with Crippen LogP contribution in [-0.2, 0) is 50.3 Å². The molecule has 0 spiro atoms. The summed E-state index contributed by atoms with van der Waals surface area (Å²) < 4.78 is 190. The van der Waals surface area contributed by atoms with Gasteiger partial charge in [0.1, 0.15) is 37.4 Å². The summed E-state index contributed by atoms with van der Waals surface area (Å²) in [6, 6.07) is 11.0. The number of aromatic nitrogens is 6. The molecule has 14 N–H and O–H groups in total. The van der Waals surface area contributed by atoms with Crippen molar-refractivity contribution in [2.24, 2.45) is 31.9 Å². The number of nitrogens with one attached hydrogen (secondary N) is 6. The molecular formula is C41H38F2N18O15S5. The number of carbonyl (C=O) groups is 1. The van der Waals surface area contributed by atoms with E-state index in [1.165, 1.54) is 24.3 Å². The SMILES string of the molecule is C=CS(=O)(=O)c1ccc(N=Nc2ccc(Nc3nc(F)nc(NCC(C)Nc4nc(F)nc(Nc5ccc(N=Nc6cc7c(S(=O)(=O)O)cc(S(=O)(=O)O)cc7cc6S(=O)(=O)O)c(NC(N)=O)c5)n4)n3)cc2NCN)c(S(=O)(=O)O)c1. The van der Waals surface area contributed by atoms with Crippen LogP contribution in [0.25, 0.3) is 10.8 Å². The largest absolute Gasteiger partial charge is 0.371 e. The van der Waals surface area contributed by atoms with Crippen LogP contribution < -0.4 is 43.4 Å². The van der Waals surface area contributed by atoms with Crippen LogP contribution in [0, 0.1) is 12.2 Å². The zero-order valence-electron chi connectivity index (χ0n) is 40.5. The Hall–Kier alpha value is -9.00. The summed E-state index contributed by atoms with van der Waals surface area (Å²) in [6.07, 6.45) is -2.51. The van der Waals surface area contributed by atoms with Crippen molar-refractivity contribution in [3.63, 3.8) is 0 Å². The Balaban J connectivity index is 1.05. The Morgan fingerprint density at radius 2 is 1.09 bits per heavy atom. The number of amides is 2. The summed E-state index contributed by atoms with van der Waals surface area (Å²) in [6.45, 7) is 4.52. The molecule has 33 nitrogen and oxygen atoms in total. The van der Waals surface area contributed by atoms with Crippen molar-refractivity contribution >= 4 is 136 Å². The quantitative estimate of drug-likeness (QED) is 0.0228. The number of azo groups is 2. The zero-order valence-corrected chi connectivity index (χ0v) is 44.6. The molecule has 5 aromatic carbocycles. The smallest absolute Gasteiger partial charge is 0.316 e. The van der Waals surface area contributed by atoms with E-state index in [-0.39, 0.29) is 65.2 Å². The second-order valence-corrected chi connectivity index (χ2v) is 23.6. The molecule has 0 fully saturated rings. The third-order valence-electron chi connectivity index (χ3n) is 10.3. The number of fused-ring (bicyclic) bond motifs is 1. The Morgan fingerprint density at radius 3 is 1.64 bits per heavy atom. The van der Waals surface area contributed by atoms with Crippen LogP contribution in [0.5, 0.6) is 0 Å².